The second-order valence-corrected chi connectivity index (χ2v) is 9.32. The molecule has 3 nitrogen and oxygen atoms in total. The summed E-state index contributed by atoms with van der Waals surface area (Å²) in [7, 11) is 0. The van der Waals surface area contributed by atoms with E-state index in [2.05, 4.69) is 27.7 Å². The molecule has 0 spiro atoms. The summed E-state index contributed by atoms with van der Waals surface area (Å²) < 4.78 is 0. The van der Waals surface area contributed by atoms with Crippen LogP contribution in [0.25, 0.3) is 0 Å². The lowest BCUT2D eigenvalue weighted by Crippen LogP contribution is -2.60. The minimum absolute atomic E-state index is 0.00253. The molecule has 2 fully saturated rings. The number of hydrogen-bond acceptors (Lipinski definition) is 2. The van der Waals surface area contributed by atoms with E-state index >= 15 is 0 Å². The summed E-state index contributed by atoms with van der Waals surface area (Å²) in [6.45, 7) is 11.2. The third kappa shape index (κ3) is 3.31. The maximum atomic E-state index is 11.1. The Labute approximate surface area is 141 Å². The Morgan fingerprint density at radius 2 is 1.87 bits per heavy atom. The van der Waals surface area contributed by atoms with Crippen molar-refractivity contribution in [3.8, 4) is 0 Å². The molecule has 0 aliphatic heterocycles. The molecular weight excluding hydrogens is 288 g/mol. The lowest BCUT2D eigenvalue weighted by atomic mass is 9.43. The summed E-state index contributed by atoms with van der Waals surface area (Å²) in [6, 6.07) is 0. The first-order valence-electron chi connectivity index (χ1n) is 9.47. The molecule has 134 valence electrons. The zero-order valence-corrected chi connectivity index (χ0v) is 15.7. The monoisotopic (exact) mass is 324 g/mol. The molecule has 0 aromatic heterocycles. The first-order chi connectivity index (χ1) is 10.5. The molecule has 0 bridgehead atoms. The van der Waals surface area contributed by atoms with E-state index in [1.54, 1.807) is 0 Å². The number of fused-ring (bicyclic) bond motifs is 1. The Morgan fingerprint density at radius 1 is 1.22 bits per heavy atom. The molecule has 0 amide bonds. The topological polar surface area (TPSA) is 57.5 Å². The van der Waals surface area contributed by atoms with Crippen LogP contribution in [0.1, 0.15) is 86.0 Å². The van der Waals surface area contributed by atoms with Crippen molar-refractivity contribution in [1.82, 2.24) is 0 Å². The van der Waals surface area contributed by atoms with Gasteiger partial charge in [0.1, 0.15) is 0 Å². The van der Waals surface area contributed by atoms with E-state index in [1.165, 1.54) is 12.8 Å². The number of carboxylic acid groups (broad SMARTS) is 1. The van der Waals surface area contributed by atoms with Crippen LogP contribution in [-0.2, 0) is 4.79 Å². The Bertz CT molecular complexity index is 444. The molecule has 3 heteroatoms. The third-order valence-electron chi connectivity index (χ3n) is 7.87. The second kappa shape index (κ2) is 6.38. The summed E-state index contributed by atoms with van der Waals surface area (Å²) in [6.07, 6.45) is 7.85. The largest absolute Gasteiger partial charge is 0.481 e. The van der Waals surface area contributed by atoms with Crippen LogP contribution in [0.3, 0.4) is 0 Å². The van der Waals surface area contributed by atoms with Crippen LogP contribution in [0, 0.1) is 28.6 Å². The van der Waals surface area contributed by atoms with Crippen molar-refractivity contribution in [3.63, 3.8) is 0 Å². The predicted molar refractivity (Wildman–Crippen MR) is 93.2 cm³/mol. The SMILES string of the molecule is CC(CC[C@@]1(C)[C@H](C)CC[C@]2(C)[C@@H]1CCC[C@]2(C)O)CC(=O)O. The summed E-state index contributed by atoms with van der Waals surface area (Å²) in [5, 5.41) is 20.1. The molecular formula is C20H36O3. The van der Waals surface area contributed by atoms with Gasteiger partial charge in [0.25, 0.3) is 0 Å². The molecule has 2 saturated carbocycles. The van der Waals surface area contributed by atoms with Gasteiger partial charge in [-0.05, 0) is 74.0 Å². The Hall–Kier alpha value is -0.570. The molecule has 0 heterocycles. The molecule has 2 rings (SSSR count). The van der Waals surface area contributed by atoms with Crippen LogP contribution in [-0.4, -0.2) is 21.8 Å². The van der Waals surface area contributed by atoms with Gasteiger partial charge in [0.05, 0.1) is 5.60 Å². The highest BCUT2D eigenvalue weighted by atomic mass is 16.4. The molecule has 1 unspecified atom stereocenters. The molecule has 2 aliphatic carbocycles. The van der Waals surface area contributed by atoms with Gasteiger partial charge in [-0.25, -0.2) is 0 Å². The molecule has 0 saturated heterocycles. The van der Waals surface area contributed by atoms with Crippen molar-refractivity contribution in [3.05, 3.63) is 0 Å². The average molecular weight is 325 g/mol. The first-order valence-corrected chi connectivity index (χ1v) is 9.47. The van der Waals surface area contributed by atoms with Gasteiger partial charge in [-0.1, -0.05) is 34.1 Å². The van der Waals surface area contributed by atoms with Gasteiger partial charge in [0.15, 0.2) is 0 Å². The van der Waals surface area contributed by atoms with Gasteiger partial charge in [0, 0.05) is 6.42 Å². The number of hydrogen-bond donors (Lipinski definition) is 2. The molecule has 2 aliphatic rings. The fraction of sp³-hybridized carbons (Fsp3) is 0.950. The normalized spacial score (nSPS) is 45.3. The zero-order chi connectivity index (χ0) is 17.5. The fourth-order valence-corrected chi connectivity index (χ4v) is 5.70. The predicted octanol–water partition coefficient (Wildman–Crippen LogP) is 4.87. The average Bonchev–Trinajstić information content (AvgIpc) is 2.43. The van der Waals surface area contributed by atoms with Crippen molar-refractivity contribution in [2.45, 2.75) is 91.6 Å². The summed E-state index contributed by atoms with van der Waals surface area (Å²) in [5.74, 6) is 0.727. The summed E-state index contributed by atoms with van der Waals surface area (Å²) >= 11 is 0. The lowest BCUT2D eigenvalue weighted by molar-refractivity contribution is -0.193. The summed E-state index contributed by atoms with van der Waals surface area (Å²) in [4.78, 5) is 10.9. The Morgan fingerprint density at radius 3 is 2.48 bits per heavy atom. The number of carbonyl (C=O) groups is 1. The minimum Gasteiger partial charge on any atom is -0.481 e. The van der Waals surface area contributed by atoms with Crippen LogP contribution in [0.2, 0.25) is 0 Å². The van der Waals surface area contributed by atoms with Gasteiger partial charge in [0.2, 0.25) is 0 Å². The number of aliphatic carboxylic acids is 1. The highest BCUT2D eigenvalue weighted by molar-refractivity contribution is 5.66. The van der Waals surface area contributed by atoms with E-state index in [0.717, 1.165) is 32.1 Å². The maximum Gasteiger partial charge on any atom is 0.303 e. The van der Waals surface area contributed by atoms with Gasteiger partial charge in [-0.15, -0.1) is 0 Å². The Kier molecular flexibility index (Phi) is 5.21. The van der Waals surface area contributed by atoms with E-state index in [4.69, 9.17) is 5.11 Å². The molecule has 23 heavy (non-hydrogen) atoms. The number of carboxylic acids is 1. The Balaban J connectivity index is 2.19. The third-order valence-corrected chi connectivity index (χ3v) is 7.87. The van der Waals surface area contributed by atoms with E-state index in [9.17, 15) is 9.90 Å². The van der Waals surface area contributed by atoms with E-state index in [-0.39, 0.29) is 23.2 Å². The zero-order valence-electron chi connectivity index (χ0n) is 15.7. The minimum atomic E-state index is -0.690. The first kappa shape index (κ1) is 18.8. The van der Waals surface area contributed by atoms with Crippen molar-refractivity contribution in [2.24, 2.45) is 28.6 Å². The fourth-order valence-electron chi connectivity index (χ4n) is 5.70. The van der Waals surface area contributed by atoms with Crippen molar-refractivity contribution in [2.75, 3.05) is 0 Å². The maximum absolute atomic E-state index is 11.1. The molecule has 6 atom stereocenters. The van der Waals surface area contributed by atoms with Crippen molar-refractivity contribution < 1.29 is 15.0 Å². The van der Waals surface area contributed by atoms with Crippen LogP contribution in [0.4, 0.5) is 0 Å². The molecule has 0 radical (unpaired) electrons. The van der Waals surface area contributed by atoms with Gasteiger partial charge >= 0.3 is 5.97 Å². The van der Waals surface area contributed by atoms with Crippen molar-refractivity contribution >= 4 is 5.97 Å². The molecule has 0 aromatic rings. The molecule has 2 N–H and O–H groups in total. The quantitative estimate of drug-likeness (QED) is 0.758. The van der Waals surface area contributed by atoms with Crippen LogP contribution >= 0.6 is 0 Å². The van der Waals surface area contributed by atoms with Crippen LogP contribution in [0.5, 0.6) is 0 Å². The molecule has 0 aromatic carbocycles. The highest BCUT2D eigenvalue weighted by Gasteiger charge is 2.59. The smallest absolute Gasteiger partial charge is 0.303 e. The van der Waals surface area contributed by atoms with Crippen LogP contribution in [0.15, 0.2) is 0 Å². The highest BCUT2D eigenvalue weighted by Crippen LogP contribution is 2.64. The number of aliphatic hydroxyl groups is 1. The van der Waals surface area contributed by atoms with Crippen LogP contribution < -0.4 is 0 Å². The number of rotatable bonds is 5. The standard InChI is InChI=1S/C20H36O3/c1-14(13-17(21)22)8-11-18(3)15(2)9-12-19(4)16(18)7-6-10-20(19,5)23/h14-16,23H,6-13H2,1-5H3,(H,21,22)/t14?,15-,16-,18+,19-,20+/m1/s1. The van der Waals surface area contributed by atoms with Gasteiger partial charge < -0.3 is 10.2 Å². The lowest BCUT2D eigenvalue weighted by Gasteiger charge is -2.63. The van der Waals surface area contributed by atoms with E-state index in [1.807, 2.05) is 6.92 Å². The van der Waals surface area contributed by atoms with Gasteiger partial charge in [-0.3, -0.25) is 4.79 Å². The van der Waals surface area contributed by atoms with Gasteiger partial charge in [-0.2, -0.15) is 0 Å². The van der Waals surface area contributed by atoms with Crippen molar-refractivity contribution in [1.29, 1.82) is 0 Å². The van der Waals surface area contributed by atoms with E-state index < -0.39 is 11.6 Å². The second-order valence-electron chi connectivity index (χ2n) is 9.32. The summed E-state index contributed by atoms with van der Waals surface area (Å²) in [5.41, 5.74) is -0.350. The van der Waals surface area contributed by atoms with E-state index in [0.29, 0.717) is 11.8 Å².